The van der Waals surface area contributed by atoms with Crippen LogP contribution in [0.25, 0.3) is 39.2 Å². The van der Waals surface area contributed by atoms with E-state index in [1.165, 1.54) is 0 Å². The summed E-state index contributed by atoms with van der Waals surface area (Å²) in [5.74, 6) is -0.0396. The number of fused-ring (bicyclic) bond motifs is 2. The Balaban J connectivity index is 0.000000400. The maximum atomic E-state index is 13.0. The van der Waals surface area contributed by atoms with Crippen LogP contribution in [0.3, 0.4) is 0 Å². The van der Waals surface area contributed by atoms with Gasteiger partial charge in [-0.3, -0.25) is 13.5 Å². The number of nitrogens with zero attached hydrogens (tertiary/aromatic N) is 4. The average molecular weight is 624 g/mol. The Morgan fingerprint density at radius 3 is 1.90 bits per heavy atom. The van der Waals surface area contributed by atoms with Crippen molar-refractivity contribution in [3.05, 3.63) is 72.9 Å². The molecular weight excluding hydrogens is 595 g/mol. The summed E-state index contributed by atoms with van der Waals surface area (Å²) in [7, 11) is -11.0. The number of anilines is 1. The van der Waals surface area contributed by atoms with Crippen LogP contribution < -0.4 is 5.73 Å². The molecule has 3 aromatic heterocycles. The third-order valence-electron chi connectivity index (χ3n) is 5.34. The van der Waals surface area contributed by atoms with Crippen LogP contribution in [0.1, 0.15) is 13.8 Å². The van der Waals surface area contributed by atoms with Crippen molar-refractivity contribution in [2.24, 2.45) is 0 Å². The molecule has 5 rings (SSSR count). The fourth-order valence-corrected chi connectivity index (χ4v) is 4.91. The second-order valence-electron chi connectivity index (χ2n) is 9.10. The van der Waals surface area contributed by atoms with Crippen molar-refractivity contribution in [3.63, 3.8) is 0 Å². The van der Waals surface area contributed by atoms with Crippen LogP contribution in [-0.4, -0.2) is 70.5 Å². The topological polar surface area (TPSA) is 204 Å². The maximum Gasteiger partial charge on any atom is 0.261 e. The standard InChI is InChI=1S/C23H21N5O2S.2CH4O3S/c1-15(2)31(29,30)28-19-14-17(11-12-18(19)25-23(28)24)22-21(16-8-4-3-5-9-16)26-20-10-6-7-13-27(20)22;2*1-5(2,3)4/h3-15H,1-2H3,(H2,24,25);2*1H3,(H,2,3,4). The summed E-state index contributed by atoms with van der Waals surface area (Å²) >= 11 is 0. The summed E-state index contributed by atoms with van der Waals surface area (Å²) < 4.78 is 80.8. The van der Waals surface area contributed by atoms with Crippen LogP contribution in [0.4, 0.5) is 5.95 Å². The number of hydrogen-bond acceptors (Lipinski definition) is 9. The molecule has 0 saturated heterocycles. The Morgan fingerprint density at radius 2 is 1.34 bits per heavy atom. The fourth-order valence-electron chi connectivity index (χ4n) is 3.77. The largest absolute Gasteiger partial charge is 0.368 e. The first-order chi connectivity index (χ1) is 18.9. The minimum Gasteiger partial charge on any atom is -0.368 e. The van der Waals surface area contributed by atoms with Gasteiger partial charge in [-0.15, -0.1) is 0 Å². The lowest BCUT2D eigenvalue weighted by Crippen LogP contribution is -2.23. The number of hydrogen-bond donors (Lipinski definition) is 3. The van der Waals surface area contributed by atoms with Gasteiger partial charge in [0.15, 0.2) is 0 Å². The van der Waals surface area contributed by atoms with Gasteiger partial charge in [-0.2, -0.15) is 16.8 Å². The van der Waals surface area contributed by atoms with E-state index in [-0.39, 0.29) is 5.95 Å². The van der Waals surface area contributed by atoms with E-state index in [9.17, 15) is 25.3 Å². The van der Waals surface area contributed by atoms with Crippen LogP contribution in [-0.2, 0) is 30.3 Å². The normalized spacial score (nSPS) is 12.1. The molecule has 13 nitrogen and oxygen atoms in total. The smallest absolute Gasteiger partial charge is 0.261 e. The van der Waals surface area contributed by atoms with Crippen molar-refractivity contribution in [1.29, 1.82) is 0 Å². The molecule has 0 spiro atoms. The second kappa shape index (κ2) is 12.0. The number of rotatable bonds is 4. The van der Waals surface area contributed by atoms with E-state index in [4.69, 9.17) is 19.8 Å². The zero-order valence-corrected chi connectivity index (χ0v) is 24.9. The minimum absolute atomic E-state index is 0.0396. The van der Waals surface area contributed by atoms with Gasteiger partial charge in [-0.05, 0) is 38.1 Å². The van der Waals surface area contributed by atoms with Gasteiger partial charge in [0.05, 0.1) is 40.2 Å². The first-order valence-corrected chi connectivity index (χ1v) is 17.0. The second-order valence-corrected chi connectivity index (χ2v) is 14.4. The van der Waals surface area contributed by atoms with Crippen LogP contribution in [0.5, 0.6) is 0 Å². The summed E-state index contributed by atoms with van der Waals surface area (Å²) in [6, 6.07) is 21.3. The van der Waals surface area contributed by atoms with E-state index in [1.807, 2.05) is 71.3 Å². The zero-order chi connectivity index (χ0) is 30.8. The Hall–Kier alpha value is -3.83. The first-order valence-electron chi connectivity index (χ1n) is 11.8. The molecule has 3 heterocycles. The monoisotopic (exact) mass is 623 g/mol. The van der Waals surface area contributed by atoms with Gasteiger partial charge in [-0.25, -0.2) is 22.4 Å². The molecule has 0 aliphatic heterocycles. The Kier molecular flexibility index (Phi) is 9.24. The molecule has 0 unspecified atom stereocenters. The first kappa shape index (κ1) is 31.7. The third-order valence-corrected chi connectivity index (χ3v) is 7.42. The summed E-state index contributed by atoms with van der Waals surface area (Å²) in [6.45, 7) is 3.25. The molecule has 0 bridgehead atoms. The number of nitrogens with two attached hydrogens (primary N) is 1. The molecule has 16 heteroatoms. The quantitative estimate of drug-likeness (QED) is 0.248. The molecule has 41 heavy (non-hydrogen) atoms. The van der Waals surface area contributed by atoms with Crippen LogP contribution in [0.2, 0.25) is 0 Å². The van der Waals surface area contributed by atoms with Crippen molar-refractivity contribution in [2.45, 2.75) is 19.1 Å². The van der Waals surface area contributed by atoms with Crippen LogP contribution in [0.15, 0.2) is 72.9 Å². The van der Waals surface area contributed by atoms with E-state index >= 15 is 0 Å². The lowest BCUT2D eigenvalue weighted by molar-refractivity contribution is 0.488. The predicted octanol–water partition coefficient (Wildman–Crippen LogP) is 3.19. The molecule has 220 valence electrons. The predicted molar refractivity (Wildman–Crippen MR) is 158 cm³/mol. The molecule has 5 aromatic rings. The number of nitrogen functional groups attached to an aromatic ring is 1. The van der Waals surface area contributed by atoms with Gasteiger partial charge >= 0.3 is 0 Å². The fraction of sp³-hybridized carbons (Fsp3) is 0.200. The molecule has 4 N–H and O–H groups in total. The van der Waals surface area contributed by atoms with E-state index < -0.39 is 35.5 Å². The van der Waals surface area contributed by atoms with Crippen molar-refractivity contribution in [2.75, 3.05) is 18.2 Å². The molecular formula is C25H29N5O8S3. The number of imidazole rings is 2. The highest BCUT2D eigenvalue weighted by molar-refractivity contribution is 7.90. The lowest BCUT2D eigenvalue weighted by atomic mass is 10.0. The van der Waals surface area contributed by atoms with Gasteiger partial charge < -0.3 is 5.73 Å². The molecule has 0 aliphatic carbocycles. The van der Waals surface area contributed by atoms with Crippen molar-refractivity contribution in [1.82, 2.24) is 18.3 Å². The number of aromatic nitrogens is 4. The molecule has 0 radical (unpaired) electrons. The minimum atomic E-state index is -3.67. The van der Waals surface area contributed by atoms with Crippen LogP contribution in [0, 0.1) is 0 Å². The Morgan fingerprint density at radius 1 is 0.780 bits per heavy atom. The van der Waals surface area contributed by atoms with E-state index in [2.05, 4.69) is 4.98 Å². The highest BCUT2D eigenvalue weighted by atomic mass is 32.2. The molecule has 0 amide bonds. The lowest BCUT2D eigenvalue weighted by Gasteiger charge is -2.12. The Labute approximate surface area is 237 Å². The average Bonchev–Trinajstić information content (AvgIpc) is 3.39. The summed E-state index contributed by atoms with van der Waals surface area (Å²) in [4.78, 5) is 9.11. The third kappa shape index (κ3) is 8.11. The van der Waals surface area contributed by atoms with E-state index in [1.54, 1.807) is 19.9 Å². The van der Waals surface area contributed by atoms with Crippen molar-refractivity contribution in [3.8, 4) is 22.5 Å². The highest BCUT2D eigenvalue weighted by Crippen LogP contribution is 2.35. The van der Waals surface area contributed by atoms with Gasteiger partial charge in [0.1, 0.15) is 5.65 Å². The summed E-state index contributed by atoms with van der Waals surface area (Å²) in [5.41, 5.74) is 11.3. The molecule has 0 aliphatic rings. The van der Waals surface area contributed by atoms with Crippen LogP contribution >= 0.6 is 0 Å². The molecule has 2 aromatic carbocycles. The molecule has 0 saturated carbocycles. The van der Waals surface area contributed by atoms with Gasteiger partial charge in [-0.1, -0.05) is 42.5 Å². The van der Waals surface area contributed by atoms with Gasteiger partial charge in [0.2, 0.25) is 16.0 Å². The van der Waals surface area contributed by atoms with E-state index in [0.717, 1.165) is 32.1 Å². The maximum absolute atomic E-state index is 13.0. The summed E-state index contributed by atoms with van der Waals surface area (Å²) in [5, 5.41) is -0.633. The SMILES string of the molecule is CC(C)S(=O)(=O)n1c(N)nc2ccc(-c3c(-c4ccccc4)nc4ccccn34)cc21.CS(=O)(=O)O.CS(=O)(=O)O. The molecule has 0 atom stereocenters. The van der Waals surface area contributed by atoms with Crippen molar-refractivity contribution >= 4 is 52.9 Å². The van der Waals surface area contributed by atoms with Crippen molar-refractivity contribution < 1.29 is 34.4 Å². The zero-order valence-electron chi connectivity index (χ0n) is 22.4. The summed E-state index contributed by atoms with van der Waals surface area (Å²) in [6.07, 6.45) is 3.38. The number of pyridine rings is 1. The van der Waals surface area contributed by atoms with Gasteiger partial charge in [0, 0.05) is 17.3 Å². The van der Waals surface area contributed by atoms with E-state index in [0.29, 0.717) is 23.5 Å². The number of benzene rings is 2. The highest BCUT2D eigenvalue weighted by Gasteiger charge is 2.25. The van der Waals surface area contributed by atoms with Gasteiger partial charge in [0.25, 0.3) is 20.2 Å². The Bertz CT molecular complexity index is 1970. The molecule has 0 fully saturated rings.